The number of allylic oxidation sites excluding steroid dienone is 2. The van der Waals surface area contributed by atoms with Crippen molar-refractivity contribution in [2.45, 2.75) is 204 Å². The fourth-order valence-corrected chi connectivity index (χ4v) is 15.1. The Kier molecular flexibility index (Phi) is 14.3. The van der Waals surface area contributed by atoms with Crippen molar-refractivity contribution >= 4 is 11.9 Å². The van der Waals surface area contributed by atoms with Gasteiger partial charge in [-0.05, 0) is 111 Å². The Balaban J connectivity index is 0.990. The maximum atomic E-state index is 15.0. The molecular formula is C48H76O20. The summed E-state index contributed by atoms with van der Waals surface area (Å²) in [7, 11) is 0. The number of aliphatic hydroxyl groups is 11. The van der Waals surface area contributed by atoms with Crippen molar-refractivity contribution in [3.8, 4) is 0 Å². The molecule has 0 radical (unpaired) electrons. The van der Waals surface area contributed by atoms with Gasteiger partial charge in [-0.2, -0.15) is 0 Å². The van der Waals surface area contributed by atoms with E-state index in [0.29, 0.717) is 44.9 Å². The maximum Gasteiger partial charge on any atom is 0.315 e. The summed E-state index contributed by atoms with van der Waals surface area (Å²) >= 11 is 0. The van der Waals surface area contributed by atoms with E-state index >= 15 is 4.79 Å². The first-order valence-electron chi connectivity index (χ1n) is 24.5. The third-order valence-corrected chi connectivity index (χ3v) is 19.7. The van der Waals surface area contributed by atoms with Gasteiger partial charge in [0.2, 0.25) is 6.29 Å². The van der Waals surface area contributed by atoms with Gasteiger partial charge >= 0.3 is 11.9 Å². The lowest BCUT2D eigenvalue weighted by Crippen LogP contribution is -2.69. The lowest BCUT2D eigenvalue weighted by molar-refractivity contribution is -0.361. The molecule has 5 aliphatic carbocycles. The smallest absolute Gasteiger partial charge is 0.315 e. The van der Waals surface area contributed by atoms with Crippen molar-refractivity contribution in [3.05, 3.63) is 11.6 Å². The monoisotopic (exact) mass is 972 g/mol. The number of hydrogen-bond donors (Lipinski definition) is 12. The Bertz CT molecular complexity index is 1900. The molecule has 0 aromatic heterocycles. The molecule has 388 valence electrons. The molecule has 27 atom stereocenters. The zero-order chi connectivity index (χ0) is 50.0. The number of carbonyl (C=O) groups is 2. The predicted octanol–water partition coefficient (Wildman–Crippen LogP) is -0.940. The van der Waals surface area contributed by atoms with Crippen LogP contribution in [0.15, 0.2) is 11.6 Å². The summed E-state index contributed by atoms with van der Waals surface area (Å²) in [5.41, 5.74) is -2.89. The highest BCUT2D eigenvalue weighted by atomic mass is 16.8. The van der Waals surface area contributed by atoms with Crippen molar-refractivity contribution in [2.75, 3.05) is 13.2 Å². The summed E-state index contributed by atoms with van der Waals surface area (Å²) in [5, 5.41) is 129. The Labute approximate surface area is 396 Å². The van der Waals surface area contributed by atoms with E-state index in [0.717, 1.165) is 5.57 Å². The molecule has 8 aliphatic rings. The maximum absolute atomic E-state index is 15.0. The minimum Gasteiger partial charge on any atom is -0.481 e. The molecule has 4 saturated carbocycles. The number of esters is 1. The van der Waals surface area contributed by atoms with Crippen LogP contribution in [0.3, 0.4) is 0 Å². The van der Waals surface area contributed by atoms with Gasteiger partial charge in [0.1, 0.15) is 67.1 Å². The van der Waals surface area contributed by atoms with Crippen molar-refractivity contribution in [1.29, 1.82) is 0 Å². The number of ether oxygens (including phenoxy) is 6. The van der Waals surface area contributed by atoms with Crippen molar-refractivity contribution in [3.63, 3.8) is 0 Å². The SMILES string of the molecule is CC1CCC2(C(=O)OC3OC(COC4OC(CO)C(OC5OC(C)C(O)C(O)C5O)C(O)C4O)C(O)C(O)C3O)CCC3(C)C(=CCC4C5(C)CC(O)C(O)C(C)(C(=O)O)C5CCC43C)C2C1C. The van der Waals surface area contributed by atoms with Gasteiger partial charge in [0.05, 0.1) is 42.4 Å². The molecule has 0 aromatic rings. The predicted molar refractivity (Wildman–Crippen MR) is 232 cm³/mol. The van der Waals surface area contributed by atoms with E-state index in [4.69, 9.17) is 28.4 Å². The number of carboxylic acids is 1. The minimum atomic E-state index is -1.89. The van der Waals surface area contributed by atoms with Gasteiger partial charge in [-0.15, -0.1) is 0 Å². The third-order valence-electron chi connectivity index (χ3n) is 19.7. The molecule has 0 bridgehead atoms. The van der Waals surface area contributed by atoms with Gasteiger partial charge in [-0.1, -0.05) is 46.3 Å². The summed E-state index contributed by atoms with van der Waals surface area (Å²) in [6.45, 7) is 12.5. The van der Waals surface area contributed by atoms with E-state index in [1.165, 1.54) is 6.92 Å². The van der Waals surface area contributed by atoms with Crippen molar-refractivity contribution < 1.29 is 99.3 Å². The number of aliphatic carboxylic acids is 1. The van der Waals surface area contributed by atoms with Gasteiger partial charge in [0.15, 0.2) is 12.6 Å². The summed E-state index contributed by atoms with van der Waals surface area (Å²) in [5.74, 6) is -2.23. The second kappa shape index (κ2) is 18.5. The minimum absolute atomic E-state index is 0.00953. The normalized spacial score (nSPS) is 55.9. The topological polar surface area (TPSA) is 332 Å². The quantitative estimate of drug-likeness (QED) is 0.0980. The molecule has 68 heavy (non-hydrogen) atoms. The van der Waals surface area contributed by atoms with Crippen LogP contribution in [0.5, 0.6) is 0 Å². The fourth-order valence-electron chi connectivity index (χ4n) is 15.1. The first-order chi connectivity index (χ1) is 31.7. The Hall–Kier alpha value is -1.96. The summed E-state index contributed by atoms with van der Waals surface area (Å²) in [6.07, 6.45) is -20.7. The van der Waals surface area contributed by atoms with E-state index in [2.05, 4.69) is 40.7 Å². The Morgan fingerprint density at radius 1 is 0.706 bits per heavy atom. The number of fused-ring (bicyclic) bond motifs is 7. The second-order valence-electron chi connectivity index (χ2n) is 22.8. The van der Waals surface area contributed by atoms with Crippen molar-refractivity contribution in [2.24, 2.45) is 56.7 Å². The first-order valence-corrected chi connectivity index (χ1v) is 24.5. The highest BCUT2D eigenvalue weighted by molar-refractivity contribution is 5.79. The molecule has 0 amide bonds. The van der Waals surface area contributed by atoms with E-state index in [1.807, 2.05) is 0 Å². The van der Waals surface area contributed by atoms with Crippen LogP contribution in [0.4, 0.5) is 0 Å². The second-order valence-corrected chi connectivity index (χ2v) is 22.8. The molecule has 3 heterocycles. The fraction of sp³-hybridized carbons (Fsp3) is 0.917. The molecule has 3 aliphatic heterocycles. The van der Waals surface area contributed by atoms with Crippen LogP contribution in [0.1, 0.15) is 99.8 Å². The summed E-state index contributed by atoms with van der Waals surface area (Å²) in [4.78, 5) is 27.9. The van der Waals surface area contributed by atoms with E-state index in [1.54, 1.807) is 6.92 Å². The van der Waals surface area contributed by atoms with Gasteiger partial charge in [-0.3, -0.25) is 9.59 Å². The Morgan fingerprint density at radius 3 is 2.00 bits per heavy atom. The molecule has 0 spiro atoms. The number of hydrogen-bond acceptors (Lipinski definition) is 19. The molecule has 12 N–H and O–H groups in total. The number of carboxylic acid groups (broad SMARTS) is 1. The average Bonchev–Trinajstić information content (AvgIpc) is 3.29. The Morgan fingerprint density at radius 2 is 1.34 bits per heavy atom. The molecule has 8 rings (SSSR count). The highest BCUT2D eigenvalue weighted by Gasteiger charge is 2.72. The van der Waals surface area contributed by atoms with Crippen LogP contribution in [0.25, 0.3) is 0 Å². The lowest BCUT2D eigenvalue weighted by Gasteiger charge is -2.71. The molecule has 27 unspecified atom stereocenters. The average molecular weight is 973 g/mol. The standard InChI is InChI=1S/C48H76O20/c1-19-10-13-48(15-14-45(5)22(28(48)20(19)2)8-9-26-44(4)16-23(50)38(59)47(7,42(60)61)27(44)11-12-46(26,45)6)43(62)68-41-35(57)32(54)30(52)25(66-41)18-63-39-36(58)33(55)37(24(17-49)65-39)67-40-34(56)31(53)29(51)21(3)64-40/h8,19-21,23-41,49-59H,9-18H2,1-7H3,(H,60,61). The number of rotatable bonds is 9. The third kappa shape index (κ3) is 7.76. The molecule has 0 aromatic carbocycles. The summed E-state index contributed by atoms with van der Waals surface area (Å²) < 4.78 is 34.6. The van der Waals surface area contributed by atoms with Crippen LogP contribution >= 0.6 is 0 Å². The lowest BCUT2D eigenvalue weighted by atomic mass is 9.33. The van der Waals surface area contributed by atoms with Gasteiger partial charge < -0.3 is 89.7 Å². The number of aliphatic hydroxyl groups excluding tert-OH is 11. The first kappa shape index (κ1) is 52.4. The van der Waals surface area contributed by atoms with Crippen LogP contribution in [-0.4, -0.2) is 191 Å². The molecule has 20 heteroatoms. The molecule has 3 saturated heterocycles. The highest BCUT2D eigenvalue weighted by Crippen LogP contribution is 2.76. The van der Waals surface area contributed by atoms with Crippen molar-refractivity contribution in [1.82, 2.24) is 0 Å². The van der Waals surface area contributed by atoms with Crippen LogP contribution in [-0.2, 0) is 38.0 Å². The molecule has 7 fully saturated rings. The zero-order valence-corrected chi connectivity index (χ0v) is 40.0. The van der Waals surface area contributed by atoms with Crippen LogP contribution in [0, 0.1) is 56.7 Å². The van der Waals surface area contributed by atoms with Gasteiger partial charge in [-0.25, -0.2) is 0 Å². The van der Waals surface area contributed by atoms with Gasteiger partial charge in [0.25, 0.3) is 0 Å². The molecule has 20 nitrogen and oxygen atoms in total. The van der Waals surface area contributed by atoms with Crippen LogP contribution in [0.2, 0.25) is 0 Å². The summed E-state index contributed by atoms with van der Waals surface area (Å²) in [6, 6.07) is 0. The van der Waals surface area contributed by atoms with E-state index in [-0.39, 0.29) is 41.4 Å². The van der Waals surface area contributed by atoms with Gasteiger partial charge in [0, 0.05) is 0 Å². The largest absolute Gasteiger partial charge is 0.481 e. The van der Waals surface area contributed by atoms with Crippen LogP contribution < -0.4 is 0 Å². The number of carbonyl (C=O) groups excluding carboxylic acids is 1. The molecular weight excluding hydrogens is 897 g/mol. The zero-order valence-electron chi connectivity index (χ0n) is 40.0. The van der Waals surface area contributed by atoms with E-state index < -0.39 is 151 Å². The van der Waals surface area contributed by atoms with E-state index in [9.17, 15) is 66.1 Å².